The minimum Gasteiger partial charge on any atom is -0.396 e. The van der Waals surface area contributed by atoms with E-state index in [4.69, 9.17) is 4.99 Å². The van der Waals surface area contributed by atoms with Crippen LogP contribution in [0.25, 0.3) is 0 Å². The van der Waals surface area contributed by atoms with Crippen molar-refractivity contribution in [1.29, 1.82) is 0 Å². The van der Waals surface area contributed by atoms with Crippen molar-refractivity contribution in [3.63, 3.8) is 0 Å². The fourth-order valence-electron chi connectivity index (χ4n) is 4.65. The number of aliphatic imine (C=N–C) groups is 1. The summed E-state index contributed by atoms with van der Waals surface area (Å²) in [4.78, 5) is 9.87. The predicted molar refractivity (Wildman–Crippen MR) is 94.6 cm³/mol. The van der Waals surface area contributed by atoms with Gasteiger partial charge in [0.2, 0.25) is 0 Å². The molecule has 5 heteroatoms. The first-order valence-corrected chi connectivity index (χ1v) is 9.59. The normalized spacial score (nSPS) is 33.3. The molecule has 3 aliphatic rings. The van der Waals surface area contributed by atoms with Gasteiger partial charge in [-0.05, 0) is 43.9 Å². The Hall–Kier alpha value is -0.810. The summed E-state index contributed by atoms with van der Waals surface area (Å²) in [7, 11) is 0. The molecule has 0 aromatic rings. The van der Waals surface area contributed by atoms with Gasteiger partial charge in [0.15, 0.2) is 5.96 Å². The molecule has 0 amide bonds. The molecule has 4 unspecified atom stereocenters. The van der Waals surface area contributed by atoms with E-state index in [0.29, 0.717) is 6.54 Å². The highest BCUT2D eigenvalue weighted by Crippen LogP contribution is 2.46. The van der Waals surface area contributed by atoms with E-state index >= 15 is 0 Å². The molecule has 3 fully saturated rings. The molecule has 5 nitrogen and oxygen atoms in total. The van der Waals surface area contributed by atoms with Crippen molar-refractivity contribution in [2.24, 2.45) is 22.7 Å². The second-order valence-electron chi connectivity index (χ2n) is 7.75. The zero-order valence-electron chi connectivity index (χ0n) is 14.9. The smallest absolute Gasteiger partial charge is 0.194 e. The van der Waals surface area contributed by atoms with Gasteiger partial charge in [0.05, 0.1) is 0 Å². The van der Waals surface area contributed by atoms with Crippen molar-refractivity contribution >= 4 is 5.96 Å². The molecule has 1 heterocycles. The Morgan fingerprint density at radius 3 is 2.57 bits per heavy atom. The van der Waals surface area contributed by atoms with E-state index in [1.807, 2.05) is 6.92 Å². The SMILES string of the molecule is CCNC(=NCC(C)CO)N1CCN(C2CC3CCC2C3)CC1. The van der Waals surface area contributed by atoms with Crippen LogP contribution in [0.4, 0.5) is 0 Å². The van der Waals surface area contributed by atoms with E-state index in [-0.39, 0.29) is 12.5 Å². The van der Waals surface area contributed by atoms with Gasteiger partial charge in [-0.25, -0.2) is 0 Å². The fourth-order valence-corrected chi connectivity index (χ4v) is 4.65. The number of rotatable bonds is 5. The van der Waals surface area contributed by atoms with Crippen LogP contribution in [0.1, 0.15) is 39.5 Å². The fraction of sp³-hybridized carbons (Fsp3) is 0.944. The second-order valence-corrected chi connectivity index (χ2v) is 7.75. The second kappa shape index (κ2) is 7.84. The molecular formula is C18H34N4O. The van der Waals surface area contributed by atoms with Gasteiger partial charge in [-0.15, -0.1) is 0 Å². The number of hydrogen-bond acceptors (Lipinski definition) is 3. The van der Waals surface area contributed by atoms with Crippen molar-refractivity contribution in [2.75, 3.05) is 45.9 Å². The van der Waals surface area contributed by atoms with Crippen LogP contribution >= 0.6 is 0 Å². The van der Waals surface area contributed by atoms with Crippen LogP contribution in [-0.4, -0.2) is 72.8 Å². The predicted octanol–water partition coefficient (Wildman–Crippen LogP) is 1.39. The Kier molecular flexibility index (Phi) is 5.81. The van der Waals surface area contributed by atoms with Gasteiger partial charge >= 0.3 is 0 Å². The van der Waals surface area contributed by atoms with Crippen LogP contribution in [0, 0.1) is 17.8 Å². The quantitative estimate of drug-likeness (QED) is 0.593. The summed E-state index contributed by atoms with van der Waals surface area (Å²) >= 11 is 0. The maximum atomic E-state index is 9.19. The minimum atomic E-state index is 0.209. The Bertz CT molecular complexity index is 406. The molecule has 0 aromatic heterocycles. The molecule has 132 valence electrons. The zero-order chi connectivity index (χ0) is 16.2. The molecule has 1 aliphatic heterocycles. The molecule has 2 bridgehead atoms. The highest BCUT2D eigenvalue weighted by Gasteiger charge is 2.42. The molecule has 1 saturated heterocycles. The first kappa shape index (κ1) is 17.0. The third-order valence-corrected chi connectivity index (χ3v) is 5.98. The topological polar surface area (TPSA) is 51.1 Å². The molecule has 0 radical (unpaired) electrons. The molecule has 2 saturated carbocycles. The molecule has 3 rings (SSSR count). The van der Waals surface area contributed by atoms with Gasteiger partial charge in [0.25, 0.3) is 0 Å². The molecule has 2 aliphatic carbocycles. The molecule has 2 N–H and O–H groups in total. The van der Waals surface area contributed by atoms with E-state index in [9.17, 15) is 5.11 Å². The third kappa shape index (κ3) is 4.00. The van der Waals surface area contributed by atoms with Crippen LogP contribution in [0.15, 0.2) is 4.99 Å². The largest absolute Gasteiger partial charge is 0.396 e. The average molecular weight is 322 g/mol. The summed E-state index contributed by atoms with van der Waals surface area (Å²) in [6, 6.07) is 0.866. The van der Waals surface area contributed by atoms with E-state index in [1.165, 1.54) is 38.8 Å². The van der Waals surface area contributed by atoms with Gasteiger partial charge in [0, 0.05) is 51.9 Å². The number of aliphatic hydroxyl groups excluding tert-OH is 1. The maximum absolute atomic E-state index is 9.19. The van der Waals surface area contributed by atoms with Gasteiger partial charge < -0.3 is 15.3 Å². The zero-order valence-corrected chi connectivity index (χ0v) is 14.9. The van der Waals surface area contributed by atoms with E-state index in [0.717, 1.165) is 43.5 Å². The summed E-state index contributed by atoms with van der Waals surface area (Å²) < 4.78 is 0. The molecule has 23 heavy (non-hydrogen) atoms. The lowest BCUT2D eigenvalue weighted by atomic mass is 9.93. The molecular weight excluding hydrogens is 288 g/mol. The summed E-state index contributed by atoms with van der Waals surface area (Å²) in [5.41, 5.74) is 0. The highest BCUT2D eigenvalue weighted by atomic mass is 16.3. The van der Waals surface area contributed by atoms with Crippen LogP contribution in [-0.2, 0) is 0 Å². The summed E-state index contributed by atoms with van der Waals surface area (Å²) in [6.07, 6.45) is 5.90. The Balaban J connectivity index is 1.51. The average Bonchev–Trinajstić information content (AvgIpc) is 3.21. The van der Waals surface area contributed by atoms with Crippen LogP contribution in [0.5, 0.6) is 0 Å². The van der Waals surface area contributed by atoms with Crippen LogP contribution in [0.2, 0.25) is 0 Å². The van der Waals surface area contributed by atoms with Gasteiger partial charge in [-0.2, -0.15) is 0 Å². The highest BCUT2D eigenvalue weighted by molar-refractivity contribution is 5.80. The summed E-state index contributed by atoms with van der Waals surface area (Å²) in [5.74, 6) is 3.28. The van der Waals surface area contributed by atoms with E-state index < -0.39 is 0 Å². The van der Waals surface area contributed by atoms with Crippen molar-refractivity contribution in [2.45, 2.75) is 45.6 Å². The lowest BCUT2D eigenvalue weighted by Gasteiger charge is -2.42. The number of guanidine groups is 1. The van der Waals surface area contributed by atoms with E-state index in [1.54, 1.807) is 0 Å². The number of piperazine rings is 1. The monoisotopic (exact) mass is 322 g/mol. The first-order valence-electron chi connectivity index (χ1n) is 9.59. The number of nitrogens with one attached hydrogen (secondary N) is 1. The third-order valence-electron chi connectivity index (χ3n) is 5.98. The van der Waals surface area contributed by atoms with Gasteiger partial charge in [-0.1, -0.05) is 13.3 Å². The van der Waals surface area contributed by atoms with Crippen molar-refractivity contribution in [1.82, 2.24) is 15.1 Å². The Morgan fingerprint density at radius 1 is 1.22 bits per heavy atom. The minimum absolute atomic E-state index is 0.209. The lowest BCUT2D eigenvalue weighted by Crippen LogP contribution is -2.55. The van der Waals surface area contributed by atoms with Crippen LogP contribution < -0.4 is 5.32 Å². The Labute approximate surface area is 141 Å². The molecule has 4 atom stereocenters. The van der Waals surface area contributed by atoms with Crippen LogP contribution in [0.3, 0.4) is 0 Å². The Morgan fingerprint density at radius 2 is 2.00 bits per heavy atom. The first-order chi connectivity index (χ1) is 11.2. The summed E-state index contributed by atoms with van der Waals surface area (Å²) in [6.45, 7) is 10.5. The number of fused-ring (bicyclic) bond motifs is 2. The standard InChI is InChI=1S/C18H34N4O/c1-3-19-18(20-12-14(2)13-23)22-8-6-21(7-9-22)17-11-15-4-5-16(17)10-15/h14-17,23H,3-13H2,1-2H3,(H,19,20). The van der Waals surface area contributed by atoms with E-state index in [2.05, 4.69) is 22.0 Å². The number of nitrogens with zero attached hydrogens (tertiary/aromatic N) is 3. The van der Waals surface area contributed by atoms with Gasteiger partial charge in [0.1, 0.15) is 0 Å². The van der Waals surface area contributed by atoms with Crippen molar-refractivity contribution in [3.8, 4) is 0 Å². The molecule has 0 spiro atoms. The lowest BCUT2D eigenvalue weighted by molar-refractivity contribution is 0.0957. The van der Waals surface area contributed by atoms with Crippen molar-refractivity contribution in [3.05, 3.63) is 0 Å². The maximum Gasteiger partial charge on any atom is 0.194 e. The number of hydrogen-bond donors (Lipinski definition) is 2. The van der Waals surface area contributed by atoms with Crippen molar-refractivity contribution < 1.29 is 5.11 Å². The van der Waals surface area contributed by atoms with Gasteiger partial charge in [-0.3, -0.25) is 9.89 Å². The number of aliphatic hydroxyl groups is 1. The molecule has 0 aromatic carbocycles. The summed E-state index contributed by atoms with van der Waals surface area (Å²) in [5, 5.41) is 12.6.